The molecule has 1 fully saturated rings. The van der Waals surface area contributed by atoms with Gasteiger partial charge in [0.1, 0.15) is 17.7 Å². The van der Waals surface area contributed by atoms with Gasteiger partial charge in [0.2, 0.25) is 5.88 Å². The average molecular weight is 235 g/mol. The second-order valence-electron chi connectivity index (χ2n) is 4.67. The van der Waals surface area contributed by atoms with Crippen molar-refractivity contribution in [3.8, 4) is 6.07 Å². The van der Waals surface area contributed by atoms with Crippen LogP contribution in [0.25, 0.3) is 0 Å². The summed E-state index contributed by atoms with van der Waals surface area (Å²) in [5.74, 6) is 0.176. The van der Waals surface area contributed by atoms with Crippen molar-refractivity contribution in [2.75, 3.05) is 0 Å². The molecule has 1 saturated carbocycles. The van der Waals surface area contributed by atoms with Gasteiger partial charge >= 0.3 is 0 Å². The van der Waals surface area contributed by atoms with Crippen LogP contribution in [0.4, 0.5) is 0 Å². The molecule has 1 heterocycles. The van der Waals surface area contributed by atoms with Crippen LogP contribution in [0.1, 0.15) is 39.0 Å². The Balaban J connectivity index is 2.25. The topological polar surface area (TPSA) is 79.3 Å². The highest BCUT2D eigenvalue weighted by atomic mass is 16.7. The Hall–Kier alpha value is -1.70. The highest BCUT2D eigenvalue weighted by Crippen LogP contribution is 2.36. The van der Waals surface area contributed by atoms with E-state index in [1.54, 1.807) is 0 Å². The molecular formula is C12H17N3O2. The van der Waals surface area contributed by atoms with E-state index in [2.05, 4.69) is 6.07 Å². The standard InChI is InChI=1S/C12H17N3O2/c1-8(16)15-11(9-5-3-2-4-6-9)10(7-13)12(14)17-15/h9,11H,2-6,14H2,1H3. The first kappa shape index (κ1) is 11.8. The van der Waals surface area contributed by atoms with E-state index in [-0.39, 0.29) is 17.8 Å². The number of nitriles is 1. The quantitative estimate of drug-likeness (QED) is 0.745. The van der Waals surface area contributed by atoms with E-state index in [1.807, 2.05) is 0 Å². The molecule has 92 valence electrons. The van der Waals surface area contributed by atoms with E-state index in [0.29, 0.717) is 11.5 Å². The summed E-state index contributed by atoms with van der Waals surface area (Å²) in [5.41, 5.74) is 6.07. The molecule has 1 aliphatic carbocycles. The largest absolute Gasteiger partial charge is 0.367 e. The highest BCUT2D eigenvalue weighted by molar-refractivity contribution is 5.74. The number of hydrogen-bond donors (Lipinski definition) is 1. The Labute approximate surface area is 101 Å². The average Bonchev–Trinajstić information content (AvgIpc) is 2.67. The van der Waals surface area contributed by atoms with Gasteiger partial charge < -0.3 is 10.6 Å². The minimum absolute atomic E-state index is 0.0817. The predicted octanol–water partition coefficient (Wildman–Crippen LogP) is 1.42. The third kappa shape index (κ3) is 2.07. The molecule has 1 aliphatic heterocycles. The lowest BCUT2D eigenvalue weighted by Crippen LogP contribution is -2.40. The molecule has 0 aromatic rings. The maximum absolute atomic E-state index is 11.5. The van der Waals surface area contributed by atoms with E-state index in [4.69, 9.17) is 15.8 Å². The van der Waals surface area contributed by atoms with Crippen molar-refractivity contribution in [3.05, 3.63) is 11.5 Å². The molecule has 1 unspecified atom stereocenters. The summed E-state index contributed by atoms with van der Waals surface area (Å²) >= 11 is 0. The Morgan fingerprint density at radius 3 is 2.65 bits per heavy atom. The van der Waals surface area contributed by atoms with Gasteiger partial charge in [-0.05, 0) is 18.8 Å². The zero-order chi connectivity index (χ0) is 12.4. The maximum Gasteiger partial charge on any atom is 0.252 e. The molecule has 2 N–H and O–H groups in total. The summed E-state index contributed by atoms with van der Waals surface area (Å²) in [5, 5.41) is 10.4. The lowest BCUT2D eigenvalue weighted by atomic mass is 9.81. The van der Waals surface area contributed by atoms with Crippen molar-refractivity contribution in [1.29, 1.82) is 5.26 Å². The normalized spacial score (nSPS) is 25.6. The summed E-state index contributed by atoms with van der Waals surface area (Å²) < 4.78 is 0. The van der Waals surface area contributed by atoms with E-state index < -0.39 is 0 Å². The first-order valence-corrected chi connectivity index (χ1v) is 6.02. The van der Waals surface area contributed by atoms with Gasteiger partial charge in [0.05, 0.1) is 0 Å². The summed E-state index contributed by atoms with van der Waals surface area (Å²) in [6.45, 7) is 1.43. The zero-order valence-electron chi connectivity index (χ0n) is 9.98. The van der Waals surface area contributed by atoms with Gasteiger partial charge in [0.25, 0.3) is 5.91 Å². The fourth-order valence-corrected chi connectivity index (χ4v) is 2.73. The predicted molar refractivity (Wildman–Crippen MR) is 60.8 cm³/mol. The van der Waals surface area contributed by atoms with Crippen LogP contribution >= 0.6 is 0 Å². The van der Waals surface area contributed by atoms with Crippen LogP contribution in [0.15, 0.2) is 11.5 Å². The van der Waals surface area contributed by atoms with Crippen LogP contribution in [0.3, 0.4) is 0 Å². The van der Waals surface area contributed by atoms with Crippen molar-refractivity contribution < 1.29 is 9.63 Å². The molecule has 0 aromatic heterocycles. The third-order valence-corrected chi connectivity index (χ3v) is 3.54. The molecule has 0 saturated heterocycles. The summed E-state index contributed by atoms with van der Waals surface area (Å²) in [7, 11) is 0. The molecule has 1 atom stereocenters. The highest BCUT2D eigenvalue weighted by Gasteiger charge is 2.41. The molecule has 0 spiro atoms. The van der Waals surface area contributed by atoms with Crippen molar-refractivity contribution in [3.63, 3.8) is 0 Å². The summed E-state index contributed by atoms with van der Waals surface area (Å²) in [6, 6.07) is 1.80. The monoisotopic (exact) mass is 235 g/mol. The zero-order valence-corrected chi connectivity index (χ0v) is 9.98. The van der Waals surface area contributed by atoms with Crippen molar-refractivity contribution in [2.24, 2.45) is 11.7 Å². The Bertz CT molecular complexity index is 391. The third-order valence-electron chi connectivity index (χ3n) is 3.54. The van der Waals surface area contributed by atoms with E-state index in [9.17, 15) is 4.79 Å². The Kier molecular flexibility index (Phi) is 3.23. The smallest absolute Gasteiger partial charge is 0.252 e. The molecular weight excluding hydrogens is 218 g/mol. The van der Waals surface area contributed by atoms with Crippen molar-refractivity contribution >= 4 is 5.91 Å². The second-order valence-corrected chi connectivity index (χ2v) is 4.67. The summed E-state index contributed by atoms with van der Waals surface area (Å²) in [6.07, 6.45) is 5.56. The number of hydrogen-bond acceptors (Lipinski definition) is 4. The Morgan fingerprint density at radius 1 is 1.47 bits per heavy atom. The minimum Gasteiger partial charge on any atom is -0.367 e. The number of carbonyl (C=O) groups excluding carboxylic acids is 1. The molecule has 0 radical (unpaired) electrons. The molecule has 0 aromatic carbocycles. The van der Waals surface area contributed by atoms with Crippen LogP contribution in [0, 0.1) is 17.2 Å². The molecule has 5 nitrogen and oxygen atoms in total. The number of amides is 1. The lowest BCUT2D eigenvalue weighted by molar-refractivity contribution is -0.174. The van der Waals surface area contributed by atoms with E-state index in [0.717, 1.165) is 25.7 Å². The number of nitrogens with zero attached hydrogens (tertiary/aromatic N) is 2. The maximum atomic E-state index is 11.5. The fraction of sp³-hybridized carbons (Fsp3) is 0.667. The van der Waals surface area contributed by atoms with Crippen molar-refractivity contribution in [1.82, 2.24) is 5.06 Å². The minimum atomic E-state index is -0.280. The molecule has 2 aliphatic rings. The molecule has 1 amide bonds. The molecule has 0 bridgehead atoms. The van der Waals surface area contributed by atoms with Gasteiger partial charge in [-0.2, -0.15) is 10.3 Å². The fourth-order valence-electron chi connectivity index (χ4n) is 2.73. The number of hydroxylamine groups is 2. The van der Waals surface area contributed by atoms with Crippen LogP contribution in [0.2, 0.25) is 0 Å². The lowest BCUT2D eigenvalue weighted by Gasteiger charge is -2.31. The van der Waals surface area contributed by atoms with Crippen LogP contribution in [-0.2, 0) is 9.63 Å². The van der Waals surface area contributed by atoms with Crippen LogP contribution in [-0.4, -0.2) is 17.0 Å². The van der Waals surface area contributed by atoms with Crippen LogP contribution < -0.4 is 5.73 Å². The first-order chi connectivity index (χ1) is 8.15. The number of carbonyl (C=O) groups is 1. The van der Waals surface area contributed by atoms with Gasteiger partial charge in [-0.1, -0.05) is 19.3 Å². The van der Waals surface area contributed by atoms with E-state index >= 15 is 0 Å². The Morgan fingerprint density at radius 2 is 2.12 bits per heavy atom. The van der Waals surface area contributed by atoms with Gasteiger partial charge in [-0.3, -0.25) is 4.79 Å². The van der Waals surface area contributed by atoms with Gasteiger partial charge in [0, 0.05) is 6.92 Å². The first-order valence-electron chi connectivity index (χ1n) is 6.02. The van der Waals surface area contributed by atoms with E-state index in [1.165, 1.54) is 18.4 Å². The SMILES string of the molecule is CC(=O)N1OC(N)=C(C#N)C1C1CCCCC1. The number of nitrogens with two attached hydrogens (primary N) is 1. The van der Waals surface area contributed by atoms with Gasteiger partial charge in [-0.15, -0.1) is 0 Å². The summed E-state index contributed by atoms with van der Waals surface area (Å²) in [4.78, 5) is 16.7. The van der Waals surface area contributed by atoms with Gasteiger partial charge in [-0.25, -0.2) is 0 Å². The number of rotatable bonds is 1. The van der Waals surface area contributed by atoms with Crippen LogP contribution in [0.5, 0.6) is 0 Å². The molecule has 5 heteroatoms. The van der Waals surface area contributed by atoms with Crippen molar-refractivity contribution in [2.45, 2.75) is 45.1 Å². The molecule has 17 heavy (non-hydrogen) atoms. The second kappa shape index (κ2) is 4.66. The molecule has 2 rings (SSSR count). The van der Waals surface area contributed by atoms with Gasteiger partial charge in [0.15, 0.2) is 0 Å².